The molecule has 0 amide bonds. The van der Waals surface area contributed by atoms with Crippen molar-refractivity contribution in [1.82, 2.24) is 4.98 Å². The lowest BCUT2D eigenvalue weighted by atomic mass is 10.1. The topological polar surface area (TPSA) is 48.1 Å². The zero-order chi connectivity index (χ0) is 17.9. The first-order chi connectivity index (χ1) is 11.9. The van der Waals surface area contributed by atoms with Crippen molar-refractivity contribution in [2.24, 2.45) is 0 Å². The molecule has 0 unspecified atom stereocenters. The highest BCUT2D eigenvalue weighted by molar-refractivity contribution is 5.73. The van der Waals surface area contributed by atoms with Crippen LogP contribution in [0.1, 0.15) is 11.3 Å². The fourth-order valence-electron chi connectivity index (χ4n) is 2.33. The van der Waals surface area contributed by atoms with Crippen molar-refractivity contribution in [2.75, 3.05) is 5.73 Å². The number of nitrogen functional groups attached to an aromatic ring is 1. The minimum absolute atomic E-state index is 0.0833. The van der Waals surface area contributed by atoms with Gasteiger partial charge in [0.25, 0.3) is 0 Å². The predicted molar refractivity (Wildman–Crippen MR) is 89.9 cm³/mol. The van der Waals surface area contributed by atoms with Crippen LogP contribution in [0.4, 0.5) is 18.9 Å². The van der Waals surface area contributed by atoms with E-state index in [4.69, 9.17) is 10.5 Å². The van der Waals surface area contributed by atoms with Gasteiger partial charge in [-0.15, -0.1) is 0 Å². The number of rotatable bonds is 4. The average Bonchev–Trinajstić information content (AvgIpc) is 2.60. The maximum atomic E-state index is 12.9. The molecule has 6 heteroatoms. The van der Waals surface area contributed by atoms with Crippen molar-refractivity contribution in [3.05, 3.63) is 78.0 Å². The molecule has 0 atom stereocenters. The Bertz CT molecular complexity index is 864. The largest absolute Gasteiger partial charge is 0.489 e. The molecule has 0 saturated heterocycles. The number of benzene rings is 2. The smallest absolute Gasteiger partial charge is 0.433 e. The molecule has 3 aromatic rings. The molecule has 25 heavy (non-hydrogen) atoms. The number of anilines is 1. The molecular formula is C19H15F3N2O. The van der Waals surface area contributed by atoms with E-state index >= 15 is 0 Å². The summed E-state index contributed by atoms with van der Waals surface area (Å²) in [7, 11) is 0. The summed E-state index contributed by atoms with van der Waals surface area (Å²) in [4.78, 5) is 3.67. The van der Waals surface area contributed by atoms with Crippen LogP contribution in [0, 0.1) is 0 Å². The van der Waals surface area contributed by atoms with Gasteiger partial charge in [-0.3, -0.25) is 0 Å². The highest BCUT2D eigenvalue weighted by Gasteiger charge is 2.33. The van der Waals surface area contributed by atoms with Gasteiger partial charge in [0, 0.05) is 5.56 Å². The molecule has 3 rings (SSSR count). The Morgan fingerprint density at radius 1 is 0.920 bits per heavy atom. The van der Waals surface area contributed by atoms with E-state index in [1.165, 1.54) is 6.07 Å². The van der Waals surface area contributed by atoms with Crippen molar-refractivity contribution < 1.29 is 17.9 Å². The first-order valence-electron chi connectivity index (χ1n) is 7.54. The minimum Gasteiger partial charge on any atom is -0.489 e. The SMILES string of the molecule is Nc1ccc(C(F)(F)F)nc1-c1cccc(OCc2ccccc2)c1. The van der Waals surface area contributed by atoms with E-state index in [1.54, 1.807) is 24.3 Å². The van der Waals surface area contributed by atoms with Crippen LogP contribution in [0.15, 0.2) is 66.7 Å². The summed E-state index contributed by atoms with van der Waals surface area (Å²) in [5, 5.41) is 0. The Morgan fingerprint density at radius 2 is 1.68 bits per heavy atom. The van der Waals surface area contributed by atoms with E-state index < -0.39 is 11.9 Å². The summed E-state index contributed by atoms with van der Waals surface area (Å²) in [6, 6.07) is 18.4. The van der Waals surface area contributed by atoms with Gasteiger partial charge in [-0.1, -0.05) is 42.5 Å². The average molecular weight is 344 g/mol. The van der Waals surface area contributed by atoms with Gasteiger partial charge in [-0.05, 0) is 29.8 Å². The Balaban J connectivity index is 1.86. The van der Waals surface area contributed by atoms with Gasteiger partial charge in [0.1, 0.15) is 18.1 Å². The van der Waals surface area contributed by atoms with Crippen molar-refractivity contribution in [2.45, 2.75) is 12.8 Å². The molecule has 0 saturated carbocycles. The van der Waals surface area contributed by atoms with E-state index in [-0.39, 0.29) is 11.4 Å². The Labute approximate surface area is 142 Å². The molecule has 128 valence electrons. The van der Waals surface area contributed by atoms with Crippen molar-refractivity contribution >= 4 is 5.69 Å². The second-order valence-electron chi connectivity index (χ2n) is 5.43. The molecule has 2 N–H and O–H groups in total. The van der Waals surface area contributed by atoms with Gasteiger partial charge in [0.15, 0.2) is 0 Å². The standard InChI is InChI=1S/C19H15F3N2O/c20-19(21,22)17-10-9-16(23)18(24-17)14-7-4-8-15(11-14)25-12-13-5-2-1-3-6-13/h1-11H,12,23H2. The first kappa shape index (κ1) is 16.8. The highest BCUT2D eigenvalue weighted by atomic mass is 19.4. The third-order valence-electron chi connectivity index (χ3n) is 3.57. The third kappa shape index (κ3) is 4.09. The lowest BCUT2D eigenvalue weighted by molar-refractivity contribution is -0.141. The van der Waals surface area contributed by atoms with Crippen LogP contribution in [-0.4, -0.2) is 4.98 Å². The molecule has 0 aliphatic heterocycles. The minimum atomic E-state index is -4.52. The maximum Gasteiger partial charge on any atom is 0.433 e. The lowest BCUT2D eigenvalue weighted by Gasteiger charge is -2.12. The van der Waals surface area contributed by atoms with Crippen molar-refractivity contribution in [1.29, 1.82) is 0 Å². The molecule has 0 aliphatic carbocycles. The maximum absolute atomic E-state index is 12.9. The summed E-state index contributed by atoms with van der Waals surface area (Å²) >= 11 is 0. The summed E-state index contributed by atoms with van der Waals surface area (Å²) in [6.45, 7) is 0.357. The van der Waals surface area contributed by atoms with Gasteiger partial charge in [-0.25, -0.2) is 4.98 Å². The number of pyridine rings is 1. The van der Waals surface area contributed by atoms with E-state index in [9.17, 15) is 13.2 Å². The molecule has 0 bridgehead atoms. The quantitative estimate of drug-likeness (QED) is 0.730. The van der Waals surface area contributed by atoms with Crippen LogP contribution < -0.4 is 10.5 Å². The van der Waals surface area contributed by atoms with Crippen molar-refractivity contribution in [3.8, 4) is 17.0 Å². The highest BCUT2D eigenvalue weighted by Crippen LogP contribution is 2.33. The summed E-state index contributed by atoms with van der Waals surface area (Å²) in [5.41, 5.74) is 6.54. The molecule has 1 aromatic heterocycles. The summed E-state index contributed by atoms with van der Waals surface area (Å²) < 4.78 is 44.3. The van der Waals surface area contributed by atoms with Crippen LogP contribution in [0.3, 0.4) is 0 Å². The van der Waals surface area contributed by atoms with Crippen LogP contribution in [-0.2, 0) is 12.8 Å². The zero-order valence-electron chi connectivity index (χ0n) is 13.1. The van der Waals surface area contributed by atoms with Crippen LogP contribution in [0.5, 0.6) is 5.75 Å². The lowest BCUT2D eigenvalue weighted by Crippen LogP contribution is -2.09. The molecule has 0 aliphatic rings. The van der Waals surface area contributed by atoms with Crippen LogP contribution in [0.2, 0.25) is 0 Å². The van der Waals surface area contributed by atoms with Gasteiger partial charge < -0.3 is 10.5 Å². The van der Waals surface area contributed by atoms with Gasteiger partial charge >= 0.3 is 6.18 Å². The fraction of sp³-hybridized carbons (Fsp3) is 0.105. The Kier molecular flexibility index (Phi) is 4.61. The van der Waals surface area contributed by atoms with Gasteiger partial charge in [-0.2, -0.15) is 13.2 Å². The summed E-state index contributed by atoms with van der Waals surface area (Å²) in [6.07, 6.45) is -4.52. The number of ether oxygens (including phenoxy) is 1. The van der Waals surface area contributed by atoms with E-state index in [1.807, 2.05) is 30.3 Å². The molecule has 0 radical (unpaired) electrons. The third-order valence-corrected chi connectivity index (χ3v) is 3.57. The summed E-state index contributed by atoms with van der Waals surface area (Å²) in [5.74, 6) is 0.528. The number of halogens is 3. The number of hydrogen-bond donors (Lipinski definition) is 1. The number of alkyl halides is 3. The second-order valence-corrected chi connectivity index (χ2v) is 5.43. The molecule has 2 aromatic carbocycles. The fourth-order valence-corrected chi connectivity index (χ4v) is 2.33. The molecule has 1 heterocycles. The number of hydrogen-bond acceptors (Lipinski definition) is 3. The predicted octanol–water partition coefficient (Wildman–Crippen LogP) is 4.93. The van der Waals surface area contributed by atoms with Gasteiger partial charge in [0.2, 0.25) is 0 Å². The van der Waals surface area contributed by atoms with E-state index in [0.717, 1.165) is 11.6 Å². The number of aromatic nitrogens is 1. The van der Waals surface area contributed by atoms with Crippen molar-refractivity contribution in [3.63, 3.8) is 0 Å². The Hall–Kier alpha value is -3.02. The molecular weight excluding hydrogens is 329 g/mol. The van der Waals surface area contributed by atoms with E-state index in [0.29, 0.717) is 17.9 Å². The monoisotopic (exact) mass is 344 g/mol. The number of nitrogens with zero attached hydrogens (tertiary/aromatic N) is 1. The van der Waals surface area contributed by atoms with E-state index in [2.05, 4.69) is 4.98 Å². The van der Waals surface area contributed by atoms with Crippen LogP contribution >= 0.6 is 0 Å². The normalized spacial score (nSPS) is 11.3. The Morgan fingerprint density at radius 3 is 2.40 bits per heavy atom. The molecule has 3 nitrogen and oxygen atoms in total. The van der Waals surface area contributed by atoms with Gasteiger partial charge in [0.05, 0.1) is 11.4 Å². The molecule has 0 spiro atoms. The first-order valence-corrected chi connectivity index (χ1v) is 7.54. The van der Waals surface area contributed by atoms with Crippen LogP contribution in [0.25, 0.3) is 11.3 Å². The number of nitrogens with two attached hydrogens (primary N) is 1. The molecule has 0 fully saturated rings. The zero-order valence-corrected chi connectivity index (χ0v) is 13.1. The second kappa shape index (κ2) is 6.84.